The monoisotopic (exact) mass is 475 g/mol. The molecule has 2 aromatic heterocycles. The SMILES string of the molecule is COc1ccc(CNC(=O)c2sc(=S)n3c2[nH]c(=O)c2cc(Br)ccc23)cc1. The molecule has 0 bridgehead atoms. The van der Waals surface area contributed by atoms with Gasteiger partial charge in [0.25, 0.3) is 11.5 Å². The van der Waals surface area contributed by atoms with E-state index in [9.17, 15) is 9.59 Å². The van der Waals surface area contributed by atoms with Gasteiger partial charge in [-0.15, -0.1) is 0 Å². The van der Waals surface area contributed by atoms with Gasteiger partial charge in [-0.1, -0.05) is 39.4 Å². The van der Waals surface area contributed by atoms with Crippen LogP contribution in [-0.2, 0) is 6.54 Å². The lowest BCUT2D eigenvalue weighted by atomic mass is 10.2. The second-order valence-electron chi connectivity index (χ2n) is 6.03. The predicted molar refractivity (Wildman–Crippen MR) is 116 cm³/mol. The third-order valence-electron chi connectivity index (χ3n) is 4.31. The molecule has 0 aliphatic heterocycles. The summed E-state index contributed by atoms with van der Waals surface area (Å²) in [7, 11) is 1.60. The summed E-state index contributed by atoms with van der Waals surface area (Å²) in [6, 6.07) is 12.8. The Morgan fingerprint density at radius 1 is 1.29 bits per heavy atom. The number of nitrogens with zero attached hydrogens (tertiary/aromatic N) is 1. The van der Waals surface area contributed by atoms with Gasteiger partial charge in [0.2, 0.25) is 0 Å². The minimum atomic E-state index is -0.290. The van der Waals surface area contributed by atoms with Gasteiger partial charge in [-0.05, 0) is 48.1 Å². The highest BCUT2D eigenvalue weighted by Gasteiger charge is 2.18. The number of fused-ring (bicyclic) bond motifs is 3. The molecule has 142 valence electrons. The fraction of sp³-hybridized carbons (Fsp3) is 0.105. The number of nitrogens with one attached hydrogen (secondary N) is 2. The first-order chi connectivity index (χ1) is 13.5. The Morgan fingerprint density at radius 2 is 2.04 bits per heavy atom. The second kappa shape index (κ2) is 7.50. The first-order valence-corrected chi connectivity index (χ1v) is 10.3. The summed E-state index contributed by atoms with van der Waals surface area (Å²) in [6.07, 6.45) is 0. The number of methoxy groups -OCH3 is 1. The largest absolute Gasteiger partial charge is 0.497 e. The lowest BCUT2D eigenvalue weighted by Gasteiger charge is -2.06. The van der Waals surface area contributed by atoms with Crippen molar-refractivity contribution in [1.82, 2.24) is 14.7 Å². The molecule has 9 heteroatoms. The molecule has 0 aliphatic carbocycles. The maximum atomic E-state index is 12.8. The summed E-state index contributed by atoms with van der Waals surface area (Å²) < 4.78 is 8.15. The van der Waals surface area contributed by atoms with Crippen molar-refractivity contribution in [3.63, 3.8) is 0 Å². The van der Waals surface area contributed by atoms with Crippen LogP contribution in [0.25, 0.3) is 16.6 Å². The van der Waals surface area contributed by atoms with Gasteiger partial charge in [-0.2, -0.15) is 0 Å². The average molecular weight is 476 g/mol. The number of ether oxygens (including phenoxy) is 1. The van der Waals surface area contributed by atoms with Gasteiger partial charge in [0.05, 0.1) is 18.0 Å². The molecule has 0 radical (unpaired) electrons. The van der Waals surface area contributed by atoms with Crippen molar-refractivity contribution < 1.29 is 9.53 Å². The number of hydrogen-bond donors (Lipinski definition) is 2. The molecular formula is C19H14BrN3O3S2. The molecule has 4 aromatic rings. The number of aromatic amines is 1. The number of amides is 1. The van der Waals surface area contributed by atoms with Crippen LogP contribution in [0, 0.1) is 3.95 Å². The Balaban J connectivity index is 1.71. The number of carbonyl (C=O) groups excluding carboxylic acids is 1. The van der Waals surface area contributed by atoms with Crippen molar-refractivity contribution >= 4 is 61.9 Å². The number of H-pyrrole nitrogens is 1. The third-order valence-corrected chi connectivity index (χ3v) is 6.17. The Kier molecular flexibility index (Phi) is 5.05. The Hall–Kier alpha value is -2.49. The minimum absolute atomic E-state index is 0.270. The van der Waals surface area contributed by atoms with Crippen molar-refractivity contribution in [1.29, 1.82) is 0 Å². The van der Waals surface area contributed by atoms with Crippen LogP contribution in [0.4, 0.5) is 0 Å². The van der Waals surface area contributed by atoms with E-state index in [0.29, 0.717) is 31.9 Å². The average Bonchev–Trinajstić information content (AvgIpc) is 3.03. The maximum absolute atomic E-state index is 12.8. The molecular weight excluding hydrogens is 462 g/mol. The summed E-state index contributed by atoms with van der Waals surface area (Å²) >= 11 is 10.00. The number of benzene rings is 2. The van der Waals surface area contributed by atoms with E-state index in [1.54, 1.807) is 17.6 Å². The van der Waals surface area contributed by atoms with E-state index in [2.05, 4.69) is 26.2 Å². The molecule has 0 aliphatic rings. The lowest BCUT2D eigenvalue weighted by Crippen LogP contribution is -2.23. The highest BCUT2D eigenvalue weighted by atomic mass is 79.9. The summed E-state index contributed by atoms with van der Waals surface area (Å²) in [5.74, 6) is 0.462. The topological polar surface area (TPSA) is 75.6 Å². The first-order valence-electron chi connectivity index (χ1n) is 8.26. The van der Waals surface area contributed by atoms with Crippen molar-refractivity contribution in [2.24, 2.45) is 0 Å². The van der Waals surface area contributed by atoms with E-state index in [4.69, 9.17) is 17.0 Å². The van der Waals surface area contributed by atoms with E-state index in [0.717, 1.165) is 15.8 Å². The van der Waals surface area contributed by atoms with Crippen LogP contribution in [0.3, 0.4) is 0 Å². The number of hydrogen-bond acceptors (Lipinski definition) is 5. The van der Waals surface area contributed by atoms with Crippen LogP contribution in [0.15, 0.2) is 51.7 Å². The van der Waals surface area contributed by atoms with Gasteiger partial charge in [0.1, 0.15) is 16.3 Å². The fourth-order valence-electron chi connectivity index (χ4n) is 2.93. The molecule has 0 unspecified atom stereocenters. The van der Waals surface area contributed by atoms with Gasteiger partial charge in [0, 0.05) is 11.0 Å². The Bertz CT molecular complexity index is 1320. The molecule has 6 nitrogen and oxygen atoms in total. The van der Waals surface area contributed by atoms with Crippen LogP contribution in [0.2, 0.25) is 0 Å². The molecule has 0 spiro atoms. The lowest BCUT2D eigenvalue weighted by molar-refractivity contribution is 0.0956. The highest BCUT2D eigenvalue weighted by Crippen LogP contribution is 2.24. The van der Waals surface area contributed by atoms with E-state index >= 15 is 0 Å². The summed E-state index contributed by atoms with van der Waals surface area (Å²) in [4.78, 5) is 28.4. The first kappa shape index (κ1) is 18.9. The second-order valence-corrected chi connectivity index (χ2v) is 8.59. The van der Waals surface area contributed by atoms with Crippen LogP contribution in [-0.4, -0.2) is 22.4 Å². The Morgan fingerprint density at radius 3 is 2.75 bits per heavy atom. The van der Waals surface area contributed by atoms with Crippen molar-refractivity contribution in [2.45, 2.75) is 6.54 Å². The summed E-state index contributed by atoms with van der Waals surface area (Å²) in [6.45, 7) is 0.352. The molecule has 2 heterocycles. The number of thiazole rings is 1. The molecule has 0 saturated carbocycles. The van der Waals surface area contributed by atoms with E-state index < -0.39 is 0 Å². The Labute approximate surface area is 176 Å². The van der Waals surface area contributed by atoms with Gasteiger partial charge >= 0.3 is 0 Å². The van der Waals surface area contributed by atoms with Crippen molar-refractivity contribution in [3.05, 3.63) is 71.7 Å². The van der Waals surface area contributed by atoms with Crippen LogP contribution in [0.1, 0.15) is 15.2 Å². The quantitative estimate of drug-likeness (QED) is 0.432. The molecule has 4 rings (SSSR count). The number of aromatic nitrogens is 2. The van der Waals surface area contributed by atoms with Crippen LogP contribution < -0.4 is 15.6 Å². The van der Waals surface area contributed by atoms with Gasteiger partial charge < -0.3 is 15.0 Å². The zero-order valence-electron chi connectivity index (χ0n) is 14.6. The van der Waals surface area contributed by atoms with Gasteiger partial charge in [-0.3, -0.25) is 14.0 Å². The summed E-state index contributed by atoms with van der Waals surface area (Å²) in [5.41, 5.74) is 1.73. The third kappa shape index (κ3) is 3.36. The van der Waals surface area contributed by atoms with E-state index in [1.807, 2.05) is 36.4 Å². The van der Waals surface area contributed by atoms with E-state index in [-0.39, 0.29) is 11.5 Å². The molecule has 0 fully saturated rings. The van der Waals surface area contributed by atoms with Crippen molar-refractivity contribution in [2.75, 3.05) is 7.11 Å². The van der Waals surface area contributed by atoms with Crippen molar-refractivity contribution in [3.8, 4) is 5.75 Å². The molecule has 0 saturated heterocycles. The number of carbonyl (C=O) groups is 1. The van der Waals surface area contributed by atoms with Crippen LogP contribution in [0.5, 0.6) is 5.75 Å². The zero-order chi connectivity index (χ0) is 19.8. The summed E-state index contributed by atoms with van der Waals surface area (Å²) in [5, 5.41) is 3.38. The van der Waals surface area contributed by atoms with Gasteiger partial charge in [0.15, 0.2) is 3.95 Å². The molecule has 1 amide bonds. The molecule has 28 heavy (non-hydrogen) atoms. The maximum Gasteiger partial charge on any atom is 0.265 e. The van der Waals surface area contributed by atoms with Gasteiger partial charge in [-0.25, -0.2) is 0 Å². The number of rotatable bonds is 4. The predicted octanol–water partition coefficient (Wildman–Crippen LogP) is 4.27. The molecule has 2 N–H and O–H groups in total. The highest BCUT2D eigenvalue weighted by molar-refractivity contribution is 9.10. The molecule has 0 atom stereocenters. The normalized spacial score (nSPS) is 11.1. The standard InChI is InChI=1S/C19H14BrN3O3S2/c1-26-12-5-2-10(3-6-12)9-21-18(25)15-16-22-17(24)13-8-11(20)4-7-14(13)23(16)19(27)28-15/h2-8H,9H2,1H3,(H,21,25)(H,22,24). The fourth-order valence-corrected chi connectivity index (χ4v) is 4.59. The molecule has 2 aromatic carbocycles. The minimum Gasteiger partial charge on any atom is -0.497 e. The smallest absolute Gasteiger partial charge is 0.265 e. The van der Waals surface area contributed by atoms with Crippen LogP contribution >= 0.6 is 39.5 Å². The number of halogens is 1. The van der Waals surface area contributed by atoms with E-state index in [1.165, 1.54) is 11.3 Å². The zero-order valence-corrected chi connectivity index (χ0v) is 17.8.